The van der Waals surface area contributed by atoms with Gasteiger partial charge in [0.1, 0.15) is 0 Å². The second-order valence-electron chi connectivity index (χ2n) is 4.76. The molecule has 1 saturated heterocycles. The highest BCUT2D eigenvalue weighted by atomic mass is 16.7. The lowest BCUT2D eigenvalue weighted by Gasteiger charge is -2.27. The number of para-hydroxylation sites is 1. The van der Waals surface area contributed by atoms with Gasteiger partial charge in [0.2, 0.25) is 0 Å². The fourth-order valence-electron chi connectivity index (χ4n) is 2.56. The van der Waals surface area contributed by atoms with Gasteiger partial charge in [0.15, 0.2) is 0 Å². The van der Waals surface area contributed by atoms with Crippen LogP contribution in [0.5, 0.6) is 0 Å². The van der Waals surface area contributed by atoms with Crippen LogP contribution >= 0.6 is 0 Å². The molecule has 0 amide bonds. The number of hydroxylamine groups is 1. The summed E-state index contributed by atoms with van der Waals surface area (Å²) in [4.78, 5) is 5.78. The van der Waals surface area contributed by atoms with Crippen molar-refractivity contribution in [1.29, 1.82) is 0 Å². The maximum absolute atomic E-state index is 9.56. The highest BCUT2D eigenvalue weighted by molar-refractivity contribution is 5.47. The van der Waals surface area contributed by atoms with Crippen molar-refractivity contribution in [2.24, 2.45) is 5.92 Å². The second-order valence-corrected chi connectivity index (χ2v) is 4.76. The molecular weight excluding hydrogens is 238 g/mol. The van der Waals surface area contributed by atoms with Crippen molar-refractivity contribution in [3.63, 3.8) is 0 Å². The molecule has 0 aliphatic carbocycles. The van der Waals surface area contributed by atoms with E-state index >= 15 is 0 Å². The number of hydrogen-bond donors (Lipinski definition) is 1. The number of nitrogens with zero attached hydrogens (tertiary/aromatic N) is 1. The largest absolute Gasteiger partial charge is 0.396 e. The van der Waals surface area contributed by atoms with Crippen molar-refractivity contribution in [3.05, 3.63) is 66.2 Å². The minimum absolute atomic E-state index is 0.0635. The molecular formula is C16H17NO2. The molecule has 0 saturated carbocycles. The van der Waals surface area contributed by atoms with Crippen LogP contribution in [-0.2, 0) is 4.84 Å². The number of benzene rings is 2. The Balaban J connectivity index is 1.96. The first-order chi connectivity index (χ1) is 9.40. The Morgan fingerprint density at radius 3 is 2.26 bits per heavy atom. The van der Waals surface area contributed by atoms with E-state index in [-0.39, 0.29) is 18.6 Å². The van der Waals surface area contributed by atoms with Crippen LogP contribution in [0.1, 0.15) is 11.6 Å². The molecule has 0 radical (unpaired) electrons. The van der Waals surface area contributed by atoms with E-state index in [2.05, 4.69) is 12.1 Å². The summed E-state index contributed by atoms with van der Waals surface area (Å²) in [6.45, 7) is 0.674. The second kappa shape index (κ2) is 5.43. The zero-order valence-corrected chi connectivity index (χ0v) is 10.6. The fraction of sp³-hybridized carbons (Fsp3) is 0.250. The molecule has 3 nitrogen and oxygen atoms in total. The predicted octanol–water partition coefficient (Wildman–Crippen LogP) is 2.79. The third kappa shape index (κ3) is 2.35. The van der Waals surface area contributed by atoms with E-state index in [9.17, 15) is 5.11 Å². The Morgan fingerprint density at radius 1 is 1.00 bits per heavy atom. The van der Waals surface area contributed by atoms with Gasteiger partial charge in [-0.1, -0.05) is 48.5 Å². The average Bonchev–Trinajstić information content (AvgIpc) is 2.93. The molecule has 1 fully saturated rings. The van der Waals surface area contributed by atoms with E-state index in [4.69, 9.17) is 4.84 Å². The molecule has 3 heteroatoms. The van der Waals surface area contributed by atoms with Crippen LogP contribution < -0.4 is 5.06 Å². The van der Waals surface area contributed by atoms with E-state index < -0.39 is 0 Å². The summed E-state index contributed by atoms with van der Waals surface area (Å²) >= 11 is 0. The molecule has 0 aromatic heterocycles. The van der Waals surface area contributed by atoms with Gasteiger partial charge in [0.05, 0.1) is 24.9 Å². The van der Waals surface area contributed by atoms with Gasteiger partial charge in [0, 0.05) is 5.92 Å². The summed E-state index contributed by atoms with van der Waals surface area (Å²) in [5.41, 5.74) is 2.19. The third-order valence-corrected chi connectivity index (χ3v) is 3.51. The van der Waals surface area contributed by atoms with Crippen LogP contribution in [0.25, 0.3) is 0 Å². The number of rotatable bonds is 3. The maximum atomic E-state index is 9.56. The zero-order valence-electron chi connectivity index (χ0n) is 10.6. The molecule has 0 bridgehead atoms. The van der Waals surface area contributed by atoms with Gasteiger partial charge in [-0.15, -0.1) is 0 Å². The van der Waals surface area contributed by atoms with Crippen molar-refractivity contribution in [2.75, 3.05) is 18.3 Å². The number of anilines is 1. The van der Waals surface area contributed by atoms with Crippen LogP contribution in [0.4, 0.5) is 5.69 Å². The lowest BCUT2D eigenvalue weighted by molar-refractivity contribution is 0.141. The Hall–Kier alpha value is -1.84. The first-order valence-electron chi connectivity index (χ1n) is 6.53. The first kappa shape index (κ1) is 12.2. The zero-order chi connectivity index (χ0) is 13.1. The molecule has 0 spiro atoms. The average molecular weight is 255 g/mol. The summed E-state index contributed by atoms with van der Waals surface area (Å²) in [5.74, 6) is 0.0996. The molecule has 2 aromatic carbocycles. The summed E-state index contributed by atoms with van der Waals surface area (Å²) in [6, 6.07) is 20.3. The highest BCUT2D eigenvalue weighted by Crippen LogP contribution is 2.38. The van der Waals surface area contributed by atoms with E-state index in [0.717, 1.165) is 5.69 Å². The van der Waals surface area contributed by atoms with Crippen molar-refractivity contribution in [2.45, 2.75) is 6.04 Å². The molecule has 2 atom stereocenters. The van der Waals surface area contributed by atoms with Gasteiger partial charge in [-0.3, -0.25) is 4.84 Å². The molecule has 98 valence electrons. The molecule has 1 aliphatic rings. The van der Waals surface area contributed by atoms with Crippen LogP contribution in [0.3, 0.4) is 0 Å². The van der Waals surface area contributed by atoms with Crippen molar-refractivity contribution in [3.8, 4) is 0 Å². The van der Waals surface area contributed by atoms with Gasteiger partial charge in [-0.05, 0) is 17.7 Å². The number of aliphatic hydroxyl groups excluding tert-OH is 1. The Bertz CT molecular complexity index is 515. The van der Waals surface area contributed by atoms with Gasteiger partial charge >= 0.3 is 0 Å². The maximum Gasteiger partial charge on any atom is 0.0888 e. The molecule has 0 unspecified atom stereocenters. The van der Waals surface area contributed by atoms with Crippen molar-refractivity contribution >= 4 is 5.69 Å². The van der Waals surface area contributed by atoms with Crippen LogP contribution in [0.15, 0.2) is 60.7 Å². The number of aliphatic hydroxyl groups is 1. The SMILES string of the molecule is OC[C@H]1CON(c2ccccc2)[C@@H]1c1ccccc1. The van der Waals surface area contributed by atoms with Gasteiger partial charge in [-0.2, -0.15) is 0 Å². The Kier molecular flexibility index (Phi) is 3.49. The third-order valence-electron chi connectivity index (χ3n) is 3.51. The van der Waals surface area contributed by atoms with Crippen molar-refractivity contribution in [1.82, 2.24) is 0 Å². The minimum Gasteiger partial charge on any atom is -0.396 e. The van der Waals surface area contributed by atoms with Gasteiger partial charge in [-0.25, -0.2) is 5.06 Å². The van der Waals surface area contributed by atoms with Gasteiger partial charge in [0.25, 0.3) is 0 Å². The Morgan fingerprint density at radius 2 is 1.63 bits per heavy atom. The number of hydrogen-bond acceptors (Lipinski definition) is 3. The minimum atomic E-state index is 0.0635. The lowest BCUT2D eigenvalue weighted by atomic mass is 9.94. The Labute approximate surface area is 113 Å². The van der Waals surface area contributed by atoms with E-state index in [1.807, 2.05) is 53.6 Å². The molecule has 2 aromatic rings. The highest BCUT2D eigenvalue weighted by Gasteiger charge is 2.36. The quantitative estimate of drug-likeness (QED) is 0.915. The van der Waals surface area contributed by atoms with Crippen LogP contribution in [-0.4, -0.2) is 18.3 Å². The summed E-state index contributed by atoms with van der Waals surface area (Å²) in [7, 11) is 0. The first-order valence-corrected chi connectivity index (χ1v) is 6.53. The monoisotopic (exact) mass is 255 g/mol. The van der Waals surface area contributed by atoms with Crippen LogP contribution in [0.2, 0.25) is 0 Å². The summed E-state index contributed by atoms with van der Waals surface area (Å²) in [5, 5.41) is 11.5. The van der Waals surface area contributed by atoms with Gasteiger partial charge < -0.3 is 5.11 Å². The molecule has 1 heterocycles. The lowest BCUT2D eigenvalue weighted by Crippen LogP contribution is -2.25. The standard InChI is InChI=1S/C16H17NO2/c18-11-14-12-19-17(15-9-5-2-6-10-15)16(14)13-7-3-1-4-8-13/h1-10,14,16,18H,11-12H2/t14-,16+/m0/s1. The fourth-order valence-corrected chi connectivity index (χ4v) is 2.56. The smallest absolute Gasteiger partial charge is 0.0888 e. The van der Waals surface area contributed by atoms with Crippen LogP contribution in [0, 0.1) is 5.92 Å². The molecule has 19 heavy (non-hydrogen) atoms. The van der Waals surface area contributed by atoms with E-state index in [0.29, 0.717) is 6.61 Å². The van der Waals surface area contributed by atoms with Crippen molar-refractivity contribution < 1.29 is 9.94 Å². The van der Waals surface area contributed by atoms with E-state index in [1.165, 1.54) is 5.56 Å². The van der Waals surface area contributed by atoms with E-state index in [1.54, 1.807) is 0 Å². The molecule has 3 rings (SSSR count). The predicted molar refractivity (Wildman–Crippen MR) is 74.6 cm³/mol. The normalized spacial score (nSPS) is 22.7. The topological polar surface area (TPSA) is 32.7 Å². The molecule has 1 N–H and O–H groups in total. The molecule has 1 aliphatic heterocycles. The summed E-state index contributed by atoms with van der Waals surface area (Å²) < 4.78 is 0. The summed E-state index contributed by atoms with van der Waals surface area (Å²) in [6.07, 6.45) is 0.